The molecule has 0 unspecified atom stereocenters. The van der Waals surface area contributed by atoms with Gasteiger partial charge in [0, 0.05) is 24.7 Å². The van der Waals surface area contributed by atoms with Crippen LogP contribution in [0.1, 0.15) is 4.88 Å². The van der Waals surface area contributed by atoms with E-state index in [2.05, 4.69) is 11.2 Å². The summed E-state index contributed by atoms with van der Waals surface area (Å²) in [6, 6.07) is 4.10. The highest BCUT2D eigenvalue weighted by Crippen LogP contribution is 2.09. The van der Waals surface area contributed by atoms with Crippen molar-refractivity contribution in [2.75, 3.05) is 19.3 Å². The van der Waals surface area contributed by atoms with E-state index in [1.807, 2.05) is 18.5 Å². The second kappa shape index (κ2) is 5.68. The molecule has 0 saturated carbocycles. The Balaban J connectivity index is 1.81. The van der Waals surface area contributed by atoms with Crippen molar-refractivity contribution in [3.63, 3.8) is 0 Å². The topological polar surface area (TPSA) is 64.2 Å². The van der Waals surface area contributed by atoms with Crippen molar-refractivity contribution < 1.29 is 4.79 Å². The number of carbonyl (C=O) groups excluding carboxylic acids is 1. The maximum atomic E-state index is 11.9. The van der Waals surface area contributed by atoms with Crippen molar-refractivity contribution in [3.05, 3.63) is 34.8 Å². The van der Waals surface area contributed by atoms with Crippen LogP contribution < -0.4 is 5.73 Å². The monoisotopic (exact) mass is 264 g/mol. The van der Waals surface area contributed by atoms with E-state index in [1.165, 1.54) is 4.88 Å². The summed E-state index contributed by atoms with van der Waals surface area (Å²) in [6.07, 6.45) is 4.09. The lowest BCUT2D eigenvalue weighted by Gasteiger charge is -2.16. The maximum Gasteiger partial charge on any atom is 0.244 e. The first kappa shape index (κ1) is 12.6. The van der Waals surface area contributed by atoms with Crippen LogP contribution in [-0.4, -0.2) is 34.2 Å². The van der Waals surface area contributed by atoms with Gasteiger partial charge in [-0.15, -0.1) is 11.3 Å². The van der Waals surface area contributed by atoms with E-state index in [0.717, 1.165) is 13.0 Å². The van der Waals surface area contributed by atoms with Crippen LogP contribution in [0.2, 0.25) is 0 Å². The summed E-state index contributed by atoms with van der Waals surface area (Å²) in [5, 5.41) is 6.04. The molecule has 2 rings (SSSR count). The van der Waals surface area contributed by atoms with Crippen LogP contribution in [0.5, 0.6) is 0 Å². The minimum Gasteiger partial charge on any atom is -0.396 e. The van der Waals surface area contributed by atoms with Gasteiger partial charge in [0.1, 0.15) is 6.54 Å². The third kappa shape index (κ3) is 3.33. The number of amides is 1. The van der Waals surface area contributed by atoms with Gasteiger partial charge in [-0.3, -0.25) is 9.48 Å². The molecule has 5 nitrogen and oxygen atoms in total. The van der Waals surface area contributed by atoms with Crippen molar-refractivity contribution in [1.29, 1.82) is 0 Å². The van der Waals surface area contributed by atoms with E-state index in [0.29, 0.717) is 5.69 Å². The molecule has 0 bridgehead atoms. The van der Waals surface area contributed by atoms with Crippen LogP contribution in [-0.2, 0) is 17.8 Å². The Morgan fingerprint density at radius 2 is 2.44 bits per heavy atom. The van der Waals surface area contributed by atoms with Crippen LogP contribution in [0.25, 0.3) is 0 Å². The van der Waals surface area contributed by atoms with E-state index in [1.54, 1.807) is 33.3 Å². The largest absolute Gasteiger partial charge is 0.396 e. The number of aromatic nitrogens is 2. The molecule has 0 fully saturated rings. The SMILES string of the molecule is CN(CCc1cccs1)C(=O)Cn1cc(N)cn1. The van der Waals surface area contributed by atoms with Crippen LogP contribution in [0.4, 0.5) is 5.69 Å². The van der Waals surface area contributed by atoms with Gasteiger partial charge in [0.15, 0.2) is 0 Å². The molecule has 96 valence electrons. The number of likely N-dealkylation sites (N-methyl/N-ethyl adjacent to an activating group) is 1. The molecule has 0 aliphatic heterocycles. The molecule has 1 amide bonds. The van der Waals surface area contributed by atoms with Gasteiger partial charge in [-0.2, -0.15) is 5.10 Å². The first-order valence-corrected chi connectivity index (χ1v) is 6.57. The van der Waals surface area contributed by atoms with E-state index in [-0.39, 0.29) is 12.5 Å². The summed E-state index contributed by atoms with van der Waals surface area (Å²) in [7, 11) is 1.81. The number of hydrogen-bond donors (Lipinski definition) is 1. The van der Waals surface area contributed by atoms with Gasteiger partial charge in [-0.25, -0.2) is 0 Å². The zero-order valence-electron chi connectivity index (χ0n) is 10.2. The van der Waals surface area contributed by atoms with Gasteiger partial charge in [-0.05, 0) is 17.9 Å². The quantitative estimate of drug-likeness (QED) is 0.883. The Hall–Kier alpha value is -1.82. The number of hydrogen-bond acceptors (Lipinski definition) is 4. The van der Waals surface area contributed by atoms with Crippen molar-refractivity contribution in [2.45, 2.75) is 13.0 Å². The van der Waals surface area contributed by atoms with E-state index < -0.39 is 0 Å². The van der Waals surface area contributed by atoms with E-state index in [9.17, 15) is 4.79 Å². The normalized spacial score (nSPS) is 10.5. The highest BCUT2D eigenvalue weighted by atomic mass is 32.1. The predicted molar refractivity (Wildman–Crippen MR) is 72.3 cm³/mol. The average Bonchev–Trinajstić information content (AvgIpc) is 2.97. The summed E-state index contributed by atoms with van der Waals surface area (Å²) in [6.45, 7) is 0.953. The van der Waals surface area contributed by atoms with E-state index >= 15 is 0 Å². The summed E-state index contributed by atoms with van der Waals surface area (Å²) < 4.78 is 1.55. The Morgan fingerprint density at radius 3 is 3.06 bits per heavy atom. The van der Waals surface area contributed by atoms with Gasteiger partial charge in [0.2, 0.25) is 5.91 Å². The Kier molecular flexibility index (Phi) is 3.99. The molecule has 0 radical (unpaired) electrons. The fraction of sp³-hybridized carbons (Fsp3) is 0.333. The Morgan fingerprint density at radius 1 is 1.61 bits per heavy atom. The molecule has 0 aliphatic rings. The molecule has 0 saturated heterocycles. The number of rotatable bonds is 5. The van der Waals surface area contributed by atoms with Crippen LogP contribution in [0.15, 0.2) is 29.9 Å². The van der Waals surface area contributed by atoms with Gasteiger partial charge in [0.05, 0.1) is 11.9 Å². The third-order valence-corrected chi connectivity index (χ3v) is 3.59. The molecule has 2 heterocycles. The number of thiophene rings is 1. The summed E-state index contributed by atoms with van der Waals surface area (Å²) in [4.78, 5) is 14.9. The summed E-state index contributed by atoms with van der Waals surface area (Å²) in [5.74, 6) is 0.0367. The molecular weight excluding hydrogens is 248 g/mol. The minimum atomic E-state index is 0.0367. The third-order valence-electron chi connectivity index (χ3n) is 2.65. The van der Waals surface area contributed by atoms with Gasteiger partial charge in [0.25, 0.3) is 0 Å². The molecule has 18 heavy (non-hydrogen) atoms. The first-order chi connectivity index (χ1) is 8.65. The molecule has 0 atom stereocenters. The second-order valence-electron chi connectivity index (χ2n) is 4.12. The average molecular weight is 264 g/mol. The smallest absolute Gasteiger partial charge is 0.244 e. The summed E-state index contributed by atoms with van der Waals surface area (Å²) in [5.41, 5.74) is 6.12. The van der Waals surface area contributed by atoms with Crippen molar-refractivity contribution in [1.82, 2.24) is 14.7 Å². The molecule has 6 heteroatoms. The van der Waals surface area contributed by atoms with Crippen molar-refractivity contribution >= 4 is 22.9 Å². The molecule has 0 aliphatic carbocycles. The Labute approximate surface area is 110 Å². The zero-order chi connectivity index (χ0) is 13.0. The highest BCUT2D eigenvalue weighted by Gasteiger charge is 2.10. The van der Waals surface area contributed by atoms with Crippen LogP contribution in [0, 0.1) is 0 Å². The zero-order valence-corrected chi connectivity index (χ0v) is 11.1. The van der Waals surface area contributed by atoms with E-state index in [4.69, 9.17) is 5.73 Å². The van der Waals surface area contributed by atoms with Crippen molar-refractivity contribution in [3.8, 4) is 0 Å². The first-order valence-electron chi connectivity index (χ1n) is 5.69. The number of nitrogens with zero attached hydrogens (tertiary/aromatic N) is 3. The highest BCUT2D eigenvalue weighted by molar-refractivity contribution is 7.09. The molecule has 2 aromatic heterocycles. The fourth-order valence-electron chi connectivity index (χ4n) is 1.58. The lowest BCUT2D eigenvalue weighted by Crippen LogP contribution is -2.32. The fourth-order valence-corrected chi connectivity index (χ4v) is 2.28. The minimum absolute atomic E-state index is 0.0367. The standard InChI is InChI=1S/C12H16N4OS/c1-15(5-4-11-3-2-6-18-11)12(17)9-16-8-10(13)7-14-16/h2-3,6-8H,4-5,9,13H2,1H3. The second-order valence-corrected chi connectivity index (χ2v) is 5.15. The van der Waals surface area contributed by atoms with Crippen molar-refractivity contribution in [2.24, 2.45) is 0 Å². The summed E-state index contributed by atoms with van der Waals surface area (Å²) >= 11 is 1.71. The lowest BCUT2D eigenvalue weighted by atomic mass is 10.3. The molecule has 0 spiro atoms. The number of nitrogen functional groups attached to an aromatic ring is 1. The molecule has 0 aromatic carbocycles. The maximum absolute atomic E-state index is 11.9. The predicted octanol–water partition coefficient (Wildman–Crippen LogP) is 1.23. The lowest BCUT2D eigenvalue weighted by molar-refractivity contribution is -0.130. The van der Waals surface area contributed by atoms with Gasteiger partial charge in [-0.1, -0.05) is 6.07 Å². The Bertz CT molecular complexity index is 506. The van der Waals surface area contributed by atoms with Gasteiger partial charge < -0.3 is 10.6 Å². The molecule has 2 aromatic rings. The van der Waals surface area contributed by atoms with Crippen LogP contribution in [0.3, 0.4) is 0 Å². The molecular formula is C12H16N4OS. The molecule has 2 N–H and O–H groups in total. The van der Waals surface area contributed by atoms with Gasteiger partial charge >= 0.3 is 0 Å². The van der Waals surface area contributed by atoms with Crippen LogP contribution >= 0.6 is 11.3 Å². The number of carbonyl (C=O) groups is 1. The number of anilines is 1. The number of nitrogens with two attached hydrogens (primary N) is 1.